The first-order valence-electron chi connectivity index (χ1n) is 4.76. The van der Waals surface area contributed by atoms with E-state index in [9.17, 15) is 9.59 Å². The lowest BCUT2D eigenvalue weighted by Crippen LogP contribution is -2.55. The summed E-state index contributed by atoms with van der Waals surface area (Å²) in [4.78, 5) is 27.6. The van der Waals surface area contributed by atoms with Crippen molar-refractivity contribution in [2.75, 3.05) is 14.2 Å². The van der Waals surface area contributed by atoms with E-state index < -0.39 is 17.6 Å². The summed E-state index contributed by atoms with van der Waals surface area (Å²) in [7, 11) is 2.76. The van der Waals surface area contributed by atoms with E-state index in [0.29, 0.717) is 0 Å². The summed E-state index contributed by atoms with van der Waals surface area (Å²) < 4.78 is 4.91. The van der Waals surface area contributed by atoms with Crippen molar-refractivity contribution in [1.29, 1.82) is 0 Å². The molecule has 0 fully saturated rings. The van der Waals surface area contributed by atoms with Crippen molar-refractivity contribution < 1.29 is 19.2 Å². The van der Waals surface area contributed by atoms with Gasteiger partial charge in [0.1, 0.15) is 12.8 Å². The molecule has 0 radical (unpaired) electrons. The van der Waals surface area contributed by atoms with Crippen LogP contribution in [0.1, 0.15) is 13.8 Å². The minimum atomic E-state index is -1.70. The molecule has 1 unspecified atom stereocenters. The number of hydrogen-bond acceptors (Lipinski definition) is 6. The summed E-state index contributed by atoms with van der Waals surface area (Å²) in [6.45, 7) is 3.03. The molecule has 2 amide bonds. The molecule has 2 N–H and O–H groups in total. The predicted octanol–water partition coefficient (Wildman–Crippen LogP) is -0.309. The minimum absolute atomic E-state index is 0.148. The molecule has 0 saturated carbocycles. The maximum atomic E-state index is 12.0. The lowest BCUT2D eigenvalue weighted by molar-refractivity contribution is -0.136. The van der Waals surface area contributed by atoms with E-state index in [2.05, 4.69) is 15.1 Å². The molecule has 8 heteroatoms. The van der Waals surface area contributed by atoms with Crippen LogP contribution >= 0.6 is 0 Å². The number of rotatable bonds is 3. The number of carbonyl (C=O) groups excluding carboxylic acids is 2. The largest absolute Gasteiger partial charge is 0.420 e. The first kappa shape index (κ1) is 12.9. The molecule has 1 heterocycles. The highest BCUT2D eigenvalue weighted by molar-refractivity contribution is 6.32. The fourth-order valence-corrected chi connectivity index (χ4v) is 1.68. The number of primary amides is 1. The third-order valence-electron chi connectivity index (χ3n) is 2.40. The summed E-state index contributed by atoms with van der Waals surface area (Å²) in [6.07, 6.45) is -1.09. The molecule has 0 bridgehead atoms. The summed E-state index contributed by atoms with van der Waals surface area (Å²) in [5.74, 6) is -0.549. The molecule has 0 aromatic heterocycles. The van der Waals surface area contributed by atoms with Gasteiger partial charge in [-0.2, -0.15) is 5.10 Å². The van der Waals surface area contributed by atoms with Crippen LogP contribution in [0.25, 0.3) is 0 Å². The molecular weight excluding hydrogens is 228 g/mol. The second-order valence-electron chi connectivity index (χ2n) is 3.48. The van der Waals surface area contributed by atoms with E-state index in [1.807, 2.05) is 0 Å². The van der Waals surface area contributed by atoms with Crippen molar-refractivity contribution in [2.24, 2.45) is 16.0 Å². The van der Waals surface area contributed by atoms with Crippen LogP contribution in [-0.2, 0) is 14.4 Å². The maximum absolute atomic E-state index is 12.0. The van der Waals surface area contributed by atoms with Gasteiger partial charge in [-0.05, 0) is 13.8 Å². The third-order valence-corrected chi connectivity index (χ3v) is 2.40. The topological polar surface area (TPSA) is 107 Å². The fraction of sp³-hybridized carbons (Fsp3) is 0.556. The zero-order valence-corrected chi connectivity index (χ0v) is 10.1. The Morgan fingerprint density at radius 3 is 2.53 bits per heavy atom. The second kappa shape index (κ2) is 4.40. The van der Waals surface area contributed by atoms with Gasteiger partial charge < -0.3 is 15.3 Å². The van der Waals surface area contributed by atoms with Gasteiger partial charge in [-0.25, -0.2) is 9.80 Å². The normalized spacial score (nSPS) is 24.7. The summed E-state index contributed by atoms with van der Waals surface area (Å²) in [5.41, 5.74) is 3.69. The van der Waals surface area contributed by atoms with Crippen molar-refractivity contribution in [3.05, 3.63) is 0 Å². The van der Waals surface area contributed by atoms with Crippen LogP contribution in [0, 0.1) is 0 Å². The van der Waals surface area contributed by atoms with Crippen LogP contribution in [0.5, 0.6) is 0 Å². The van der Waals surface area contributed by atoms with Crippen LogP contribution in [-0.4, -0.2) is 48.2 Å². The SMILES string of the molecule is CON=C(C)C1(OC(N)=O)C(=O)N(C)N=C1C. The lowest BCUT2D eigenvalue weighted by Gasteiger charge is -2.25. The van der Waals surface area contributed by atoms with Gasteiger partial charge >= 0.3 is 6.09 Å². The van der Waals surface area contributed by atoms with Crippen molar-refractivity contribution in [3.63, 3.8) is 0 Å². The molecule has 0 spiro atoms. The van der Waals surface area contributed by atoms with Gasteiger partial charge in [-0.3, -0.25) is 4.79 Å². The second-order valence-corrected chi connectivity index (χ2v) is 3.48. The van der Waals surface area contributed by atoms with Crippen LogP contribution in [0.15, 0.2) is 10.3 Å². The number of likely N-dealkylation sites (N-methyl/N-ethyl adjacent to an activating group) is 1. The van der Waals surface area contributed by atoms with Crippen LogP contribution < -0.4 is 5.73 Å². The van der Waals surface area contributed by atoms with E-state index in [1.54, 1.807) is 6.92 Å². The molecule has 0 aromatic carbocycles. The van der Waals surface area contributed by atoms with Crippen molar-refractivity contribution in [1.82, 2.24) is 5.01 Å². The van der Waals surface area contributed by atoms with Crippen LogP contribution in [0.3, 0.4) is 0 Å². The van der Waals surface area contributed by atoms with Crippen LogP contribution in [0.2, 0.25) is 0 Å². The first-order chi connectivity index (χ1) is 7.86. The van der Waals surface area contributed by atoms with Crippen molar-refractivity contribution in [3.8, 4) is 0 Å². The predicted molar refractivity (Wildman–Crippen MR) is 59.4 cm³/mol. The maximum Gasteiger partial charge on any atom is 0.406 e. The molecule has 94 valence electrons. The Morgan fingerprint density at radius 2 is 2.18 bits per heavy atom. The molecule has 0 aromatic rings. The summed E-state index contributed by atoms with van der Waals surface area (Å²) in [6, 6.07) is 0. The highest BCUT2D eigenvalue weighted by atomic mass is 16.6. The van der Waals surface area contributed by atoms with Gasteiger partial charge in [0, 0.05) is 7.05 Å². The summed E-state index contributed by atoms with van der Waals surface area (Å²) in [5, 5.41) is 8.60. The Hall–Kier alpha value is -2.12. The van der Waals surface area contributed by atoms with Gasteiger partial charge in [0.2, 0.25) is 0 Å². The Morgan fingerprint density at radius 1 is 1.59 bits per heavy atom. The molecule has 1 atom stereocenters. The molecule has 0 aliphatic carbocycles. The van der Waals surface area contributed by atoms with Crippen molar-refractivity contribution >= 4 is 23.4 Å². The molecular formula is C9H14N4O4. The molecule has 1 aliphatic heterocycles. The van der Waals surface area contributed by atoms with Gasteiger partial charge in [-0.15, -0.1) is 0 Å². The van der Waals surface area contributed by atoms with E-state index >= 15 is 0 Å². The number of hydrazone groups is 1. The molecule has 1 aliphatic rings. The third kappa shape index (κ3) is 1.93. The Bertz CT molecular complexity index is 417. The van der Waals surface area contributed by atoms with Gasteiger partial charge in [0.05, 0.1) is 5.71 Å². The van der Waals surface area contributed by atoms with E-state index in [1.165, 1.54) is 21.1 Å². The Kier molecular flexibility index (Phi) is 3.35. The number of carbonyl (C=O) groups is 2. The number of oxime groups is 1. The zero-order valence-electron chi connectivity index (χ0n) is 10.1. The lowest BCUT2D eigenvalue weighted by atomic mass is 9.93. The Balaban J connectivity index is 3.30. The number of ether oxygens (including phenoxy) is 1. The van der Waals surface area contributed by atoms with Gasteiger partial charge in [0.15, 0.2) is 0 Å². The first-order valence-corrected chi connectivity index (χ1v) is 4.76. The quantitative estimate of drug-likeness (QED) is 0.541. The van der Waals surface area contributed by atoms with Crippen molar-refractivity contribution in [2.45, 2.75) is 19.4 Å². The Labute approximate surface area is 98.0 Å². The van der Waals surface area contributed by atoms with Crippen LogP contribution in [0.4, 0.5) is 4.79 Å². The highest BCUT2D eigenvalue weighted by Crippen LogP contribution is 2.25. The van der Waals surface area contributed by atoms with E-state index in [0.717, 1.165) is 5.01 Å². The molecule has 8 nitrogen and oxygen atoms in total. The molecule has 17 heavy (non-hydrogen) atoms. The fourth-order valence-electron chi connectivity index (χ4n) is 1.68. The van der Waals surface area contributed by atoms with E-state index in [4.69, 9.17) is 10.5 Å². The number of nitrogens with zero attached hydrogens (tertiary/aromatic N) is 3. The zero-order chi connectivity index (χ0) is 13.2. The number of hydrogen-bond donors (Lipinski definition) is 1. The van der Waals surface area contributed by atoms with E-state index in [-0.39, 0.29) is 11.4 Å². The number of nitrogens with two attached hydrogens (primary N) is 1. The minimum Gasteiger partial charge on any atom is -0.420 e. The standard InChI is InChI=1S/C9H14N4O4/c1-5-9(17-8(10)15,6(2)12-16-4)7(14)13(3)11-5/h1-4H3,(H2,10,15). The molecule has 1 rings (SSSR count). The average Bonchev–Trinajstić information content (AvgIpc) is 2.43. The number of amides is 2. The average molecular weight is 242 g/mol. The smallest absolute Gasteiger partial charge is 0.406 e. The monoisotopic (exact) mass is 242 g/mol. The van der Waals surface area contributed by atoms with Gasteiger partial charge in [-0.1, -0.05) is 5.16 Å². The highest BCUT2D eigenvalue weighted by Gasteiger charge is 2.55. The van der Waals surface area contributed by atoms with Gasteiger partial charge in [0.25, 0.3) is 11.5 Å². The molecule has 0 saturated heterocycles. The summed E-state index contributed by atoms with van der Waals surface area (Å²) >= 11 is 0.